The van der Waals surface area contributed by atoms with E-state index < -0.39 is 11.2 Å². The quantitative estimate of drug-likeness (QED) is 0.519. The molecule has 22 heavy (non-hydrogen) atoms. The molecule has 0 saturated heterocycles. The van der Waals surface area contributed by atoms with Crippen LogP contribution in [0.25, 0.3) is 11.2 Å². The van der Waals surface area contributed by atoms with Crippen molar-refractivity contribution in [3.63, 3.8) is 0 Å². The second-order valence-corrected chi connectivity index (χ2v) is 5.52. The lowest BCUT2D eigenvalue weighted by molar-refractivity contribution is 0.701. The van der Waals surface area contributed by atoms with Gasteiger partial charge in [-0.05, 0) is 23.7 Å². The predicted octanol–water partition coefficient (Wildman–Crippen LogP) is 1.18. The largest absolute Gasteiger partial charge is 0.332 e. The van der Waals surface area contributed by atoms with Gasteiger partial charge in [0.15, 0.2) is 11.2 Å². The van der Waals surface area contributed by atoms with Crippen LogP contribution in [0.2, 0.25) is 10.4 Å². The van der Waals surface area contributed by atoms with Gasteiger partial charge in [-0.1, -0.05) is 17.7 Å². The van der Waals surface area contributed by atoms with Crippen molar-refractivity contribution < 1.29 is 0 Å². The Kier molecular flexibility index (Phi) is 3.54. The van der Waals surface area contributed by atoms with E-state index >= 15 is 0 Å². The molecule has 0 atom stereocenters. The van der Waals surface area contributed by atoms with E-state index in [2.05, 4.69) is 9.97 Å². The van der Waals surface area contributed by atoms with Crippen LogP contribution in [0.15, 0.2) is 27.8 Å². The molecule has 0 amide bonds. The molecule has 0 radical (unpaired) electrons. The van der Waals surface area contributed by atoms with Crippen molar-refractivity contribution in [1.82, 2.24) is 23.7 Å². The fourth-order valence-corrected chi connectivity index (χ4v) is 2.67. The summed E-state index contributed by atoms with van der Waals surface area (Å²) in [5.74, 6) is 0. The maximum Gasteiger partial charge on any atom is 0.332 e. The van der Waals surface area contributed by atoms with Crippen LogP contribution in [0.1, 0.15) is 5.69 Å². The molecule has 0 fully saturated rings. The third kappa shape index (κ3) is 2.22. The normalized spacial score (nSPS) is 11.3. The van der Waals surface area contributed by atoms with Crippen molar-refractivity contribution >= 4 is 34.4 Å². The lowest BCUT2D eigenvalue weighted by Gasteiger charge is -2.07. The predicted molar refractivity (Wildman–Crippen MR) is 83.6 cm³/mol. The van der Waals surface area contributed by atoms with Crippen LogP contribution in [-0.4, -0.2) is 23.7 Å². The molecule has 0 aromatic carbocycles. The van der Waals surface area contributed by atoms with Crippen molar-refractivity contribution in [2.75, 3.05) is 0 Å². The van der Waals surface area contributed by atoms with Gasteiger partial charge in [-0.15, -0.1) is 0 Å². The summed E-state index contributed by atoms with van der Waals surface area (Å²) >= 11 is 12.0. The molecule has 0 aliphatic heterocycles. The van der Waals surface area contributed by atoms with Gasteiger partial charge >= 0.3 is 5.69 Å². The Hall–Kier alpha value is -2.12. The topological polar surface area (TPSA) is 74.7 Å². The van der Waals surface area contributed by atoms with Crippen molar-refractivity contribution in [2.45, 2.75) is 6.54 Å². The van der Waals surface area contributed by atoms with Crippen molar-refractivity contribution in [3.05, 3.63) is 55.2 Å². The molecule has 3 heterocycles. The number of halogens is 2. The summed E-state index contributed by atoms with van der Waals surface area (Å²) in [6.45, 7) is 0.226. The second-order valence-electron chi connectivity index (χ2n) is 4.80. The first-order valence-corrected chi connectivity index (χ1v) is 7.09. The first-order chi connectivity index (χ1) is 10.4. The molecule has 7 nitrogen and oxygen atoms in total. The van der Waals surface area contributed by atoms with Crippen molar-refractivity contribution in [1.29, 1.82) is 0 Å². The minimum atomic E-state index is -0.459. The van der Waals surface area contributed by atoms with Crippen LogP contribution < -0.4 is 11.2 Å². The Balaban J connectivity index is 2.29. The van der Waals surface area contributed by atoms with Crippen molar-refractivity contribution in [2.24, 2.45) is 14.1 Å². The summed E-state index contributed by atoms with van der Waals surface area (Å²) in [5.41, 5.74) is 0.195. The van der Waals surface area contributed by atoms with Gasteiger partial charge in [-0.2, -0.15) is 4.98 Å². The van der Waals surface area contributed by atoms with Crippen LogP contribution >= 0.6 is 23.2 Å². The number of hydrogen-bond donors (Lipinski definition) is 0. The van der Waals surface area contributed by atoms with Gasteiger partial charge < -0.3 is 4.57 Å². The third-order valence-corrected chi connectivity index (χ3v) is 3.89. The van der Waals surface area contributed by atoms with E-state index in [0.717, 1.165) is 4.57 Å². The number of nitrogens with zero attached hydrogens (tertiary/aromatic N) is 5. The molecular formula is C13H11Cl2N5O2. The highest BCUT2D eigenvalue weighted by molar-refractivity contribution is 6.29. The first-order valence-electron chi connectivity index (χ1n) is 6.33. The van der Waals surface area contributed by atoms with E-state index in [4.69, 9.17) is 23.2 Å². The fraction of sp³-hybridized carbons (Fsp3) is 0.231. The van der Waals surface area contributed by atoms with E-state index in [0.29, 0.717) is 10.8 Å². The van der Waals surface area contributed by atoms with E-state index in [9.17, 15) is 9.59 Å². The summed E-state index contributed by atoms with van der Waals surface area (Å²) in [6.07, 6.45) is 0. The Labute approximate surface area is 134 Å². The van der Waals surface area contributed by atoms with Gasteiger partial charge in [-0.3, -0.25) is 13.9 Å². The van der Waals surface area contributed by atoms with E-state index in [1.807, 2.05) is 0 Å². The zero-order chi connectivity index (χ0) is 16.0. The highest BCUT2D eigenvalue weighted by Crippen LogP contribution is 2.17. The lowest BCUT2D eigenvalue weighted by atomic mass is 10.3. The molecule has 0 N–H and O–H groups in total. The molecule has 0 aliphatic rings. The maximum atomic E-state index is 12.4. The number of fused-ring (bicyclic) bond motifs is 1. The van der Waals surface area contributed by atoms with Crippen LogP contribution in [0.4, 0.5) is 0 Å². The molecule has 3 aromatic rings. The smallest absolute Gasteiger partial charge is 0.303 e. The summed E-state index contributed by atoms with van der Waals surface area (Å²) in [4.78, 5) is 32.6. The number of aryl methyl sites for hydroxylation is 1. The SMILES string of the molecule is Cn1c(=O)c2c(nc(Cl)n2Cc2cccc(Cl)n2)n(C)c1=O. The molecule has 9 heteroatoms. The summed E-state index contributed by atoms with van der Waals surface area (Å²) in [5, 5.41) is 0.452. The zero-order valence-electron chi connectivity index (χ0n) is 11.7. The van der Waals surface area contributed by atoms with E-state index in [-0.39, 0.29) is 23.0 Å². The summed E-state index contributed by atoms with van der Waals surface area (Å²) in [7, 11) is 2.95. The third-order valence-electron chi connectivity index (χ3n) is 3.39. The van der Waals surface area contributed by atoms with E-state index in [1.165, 1.54) is 23.2 Å². The lowest BCUT2D eigenvalue weighted by Crippen LogP contribution is -2.37. The maximum absolute atomic E-state index is 12.4. The minimum absolute atomic E-state index is 0.107. The van der Waals surface area contributed by atoms with Gasteiger partial charge in [0.05, 0.1) is 12.2 Å². The highest BCUT2D eigenvalue weighted by atomic mass is 35.5. The minimum Gasteiger partial charge on any atom is -0.303 e. The molecule has 3 rings (SSSR count). The van der Waals surface area contributed by atoms with Crippen LogP contribution in [0, 0.1) is 0 Å². The monoisotopic (exact) mass is 339 g/mol. The molecular weight excluding hydrogens is 329 g/mol. The van der Waals surface area contributed by atoms with Crippen LogP contribution in [0.5, 0.6) is 0 Å². The highest BCUT2D eigenvalue weighted by Gasteiger charge is 2.18. The average molecular weight is 340 g/mol. The van der Waals surface area contributed by atoms with Crippen molar-refractivity contribution in [3.8, 4) is 0 Å². The number of hydrogen-bond acceptors (Lipinski definition) is 4. The molecule has 0 unspecified atom stereocenters. The zero-order valence-corrected chi connectivity index (χ0v) is 13.3. The van der Waals surface area contributed by atoms with Crippen LogP contribution in [-0.2, 0) is 20.6 Å². The summed E-state index contributed by atoms with van der Waals surface area (Å²) < 4.78 is 3.81. The fourth-order valence-electron chi connectivity index (χ4n) is 2.26. The molecule has 114 valence electrons. The van der Waals surface area contributed by atoms with Gasteiger partial charge in [0, 0.05) is 14.1 Å². The number of imidazole rings is 1. The summed E-state index contributed by atoms with van der Waals surface area (Å²) in [6, 6.07) is 5.17. The average Bonchev–Trinajstić information content (AvgIpc) is 2.80. The molecule has 0 aliphatic carbocycles. The Morgan fingerprint density at radius 1 is 1.09 bits per heavy atom. The number of aromatic nitrogens is 5. The van der Waals surface area contributed by atoms with Gasteiger partial charge in [0.1, 0.15) is 5.15 Å². The number of rotatable bonds is 2. The molecule has 3 aromatic heterocycles. The van der Waals surface area contributed by atoms with E-state index in [1.54, 1.807) is 18.2 Å². The Bertz CT molecular complexity index is 1000. The Morgan fingerprint density at radius 2 is 1.82 bits per heavy atom. The van der Waals surface area contributed by atoms with Gasteiger partial charge in [-0.25, -0.2) is 9.78 Å². The first kappa shape index (κ1) is 14.8. The standard InChI is InChI=1S/C13H11Cl2N5O2/c1-18-10-9(11(21)19(2)13(18)22)20(12(15)17-10)6-7-4-3-5-8(14)16-7/h3-5H,6H2,1-2H3. The molecule has 0 spiro atoms. The Morgan fingerprint density at radius 3 is 2.50 bits per heavy atom. The van der Waals surface area contributed by atoms with Crippen LogP contribution in [0.3, 0.4) is 0 Å². The van der Waals surface area contributed by atoms with Gasteiger partial charge in [0.25, 0.3) is 5.56 Å². The second kappa shape index (κ2) is 5.26. The molecule has 0 bridgehead atoms. The van der Waals surface area contributed by atoms with Gasteiger partial charge in [0.2, 0.25) is 5.28 Å². The molecule has 0 saturated carbocycles. The number of pyridine rings is 1.